The largest absolute Gasteiger partial charge is 0.295 e. The summed E-state index contributed by atoms with van der Waals surface area (Å²) < 4.78 is 13.3. The second kappa shape index (κ2) is 4.68. The monoisotopic (exact) mass is 248 g/mol. The van der Waals surface area contributed by atoms with E-state index >= 15 is 0 Å². The van der Waals surface area contributed by atoms with Gasteiger partial charge >= 0.3 is 0 Å². The number of hydrogen-bond donors (Lipinski definition) is 0. The lowest BCUT2D eigenvalue weighted by molar-refractivity contribution is 0.101. The van der Waals surface area contributed by atoms with Gasteiger partial charge in [-0.2, -0.15) is 0 Å². The van der Waals surface area contributed by atoms with Gasteiger partial charge in [0.15, 0.2) is 5.78 Å². The van der Waals surface area contributed by atoms with E-state index in [2.05, 4.69) is 0 Å². The summed E-state index contributed by atoms with van der Waals surface area (Å²) in [6.45, 7) is 1.50. The van der Waals surface area contributed by atoms with Gasteiger partial charge in [0.25, 0.3) is 0 Å². The molecule has 86 valence electrons. The van der Waals surface area contributed by atoms with Gasteiger partial charge in [0.05, 0.1) is 5.02 Å². The van der Waals surface area contributed by atoms with E-state index in [4.69, 9.17) is 11.6 Å². The minimum Gasteiger partial charge on any atom is -0.295 e. The summed E-state index contributed by atoms with van der Waals surface area (Å²) in [5, 5.41) is 0.0940. The van der Waals surface area contributed by atoms with Crippen LogP contribution in [0.3, 0.4) is 0 Å². The van der Waals surface area contributed by atoms with Crippen molar-refractivity contribution in [2.45, 2.75) is 6.92 Å². The molecule has 17 heavy (non-hydrogen) atoms. The molecule has 0 aromatic heterocycles. The lowest BCUT2D eigenvalue weighted by atomic mass is 10.0. The van der Waals surface area contributed by atoms with Gasteiger partial charge in [0, 0.05) is 5.56 Å². The lowest BCUT2D eigenvalue weighted by Gasteiger charge is -2.04. The molecule has 0 unspecified atom stereocenters. The molecule has 0 atom stereocenters. The van der Waals surface area contributed by atoms with Crippen LogP contribution in [0.2, 0.25) is 5.02 Å². The van der Waals surface area contributed by atoms with Crippen LogP contribution in [0.1, 0.15) is 17.3 Å². The van der Waals surface area contributed by atoms with E-state index in [0.717, 1.165) is 5.56 Å². The number of halogens is 2. The molecule has 0 heterocycles. The maximum absolute atomic E-state index is 13.3. The van der Waals surface area contributed by atoms with Crippen LogP contribution in [0, 0.1) is 5.82 Å². The van der Waals surface area contributed by atoms with Crippen molar-refractivity contribution in [2.75, 3.05) is 0 Å². The average molecular weight is 249 g/mol. The maximum Gasteiger partial charge on any atom is 0.159 e. The van der Waals surface area contributed by atoms with E-state index in [-0.39, 0.29) is 10.8 Å². The summed E-state index contributed by atoms with van der Waals surface area (Å²) >= 11 is 5.62. The summed E-state index contributed by atoms with van der Waals surface area (Å²) in [7, 11) is 0. The Bertz CT molecular complexity index is 578. The predicted octanol–water partition coefficient (Wildman–Crippen LogP) is 4.35. The fraction of sp³-hybridized carbons (Fsp3) is 0.0714. The molecule has 0 fully saturated rings. The first-order valence-electron chi connectivity index (χ1n) is 5.14. The van der Waals surface area contributed by atoms with Crippen molar-refractivity contribution in [2.24, 2.45) is 0 Å². The van der Waals surface area contributed by atoms with Crippen LogP contribution in [0.4, 0.5) is 4.39 Å². The highest BCUT2D eigenvalue weighted by atomic mass is 35.5. The third-order valence-electron chi connectivity index (χ3n) is 2.52. The number of rotatable bonds is 2. The molecule has 3 heteroatoms. The van der Waals surface area contributed by atoms with E-state index in [1.807, 2.05) is 6.07 Å². The van der Waals surface area contributed by atoms with E-state index in [1.165, 1.54) is 19.1 Å². The molecule has 2 aromatic carbocycles. The first-order valence-corrected chi connectivity index (χ1v) is 5.52. The minimum atomic E-state index is -0.461. The SMILES string of the molecule is CC(=O)c1cccc(-c2ccc(Cl)c(F)c2)c1. The Kier molecular flexibility index (Phi) is 3.25. The number of carbonyl (C=O) groups excluding carboxylic acids is 1. The molecular formula is C14H10ClFO. The highest BCUT2D eigenvalue weighted by molar-refractivity contribution is 6.30. The van der Waals surface area contributed by atoms with Gasteiger partial charge in [-0.05, 0) is 36.2 Å². The third kappa shape index (κ3) is 2.53. The average Bonchev–Trinajstić information content (AvgIpc) is 2.33. The van der Waals surface area contributed by atoms with Crippen LogP contribution >= 0.6 is 11.6 Å². The third-order valence-corrected chi connectivity index (χ3v) is 2.83. The molecule has 0 saturated heterocycles. The Balaban J connectivity index is 2.49. The van der Waals surface area contributed by atoms with Crippen LogP contribution in [-0.4, -0.2) is 5.78 Å². The zero-order chi connectivity index (χ0) is 12.4. The molecule has 0 bridgehead atoms. The van der Waals surface area contributed by atoms with E-state index < -0.39 is 5.82 Å². The molecular weight excluding hydrogens is 239 g/mol. The standard InChI is InChI=1S/C14H10ClFO/c1-9(17)10-3-2-4-11(7-10)12-5-6-13(15)14(16)8-12/h2-8H,1H3. The molecule has 1 nitrogen and oxygen atoms in total. The number of ketones is 1. The molecule has 2 aromatic rings. The van der Waals surface area contributed by atoms with Gasteiger partial charge in [0.1, 0.15) is 5.82 Å². The van der Waals surface area contributed by atoms with Gasteiger partial charge in [0.2, 0.25) is 0 Å². The molecule has 0 aliphatic heterocycles. The highest BCUT2D eigenvalue weighted by Crippen LogP contribution is 2.25. The Morgan fingerprint density at radius 1 is 1.12 bits per heavy atom. The molecule has 0 spiro atoms. The summed E-state index contributed by atoms with van der Waals surface area (Å²) in [6.07, 6.45) is 0. The summed E-state index contributed by atoms with van der Waals surface area (Å²) in [6, 6.07) is 11.7. The lowest BCUT2D eigenvalue weighted by Crippen LogP contribution is -1.92. The Morgan fingerprint density at radius 3 is 2.47 bits per heavy atom. The predicted molar refractivity (Wildman–Crippen MR) is 66.9 cm³/mol. The minimum absolute atomic E-state index is 0.0127. The van der Waals surface area contributed by atoms with Crippen LogP contribution in [-0.2, 0) is 0 Å². The normalized spacial score (nSPS) is 10.3. The smallest absolute Gasteiger partial charge is 0.159 e. The first-order chi connectivity index (χ1) is 8.08. The summed E-state index contributed by atoms with van der Waals surface area (Å²) in [5.41, 5.74) is 2.11. The molecule has 0 radical (unpaired) electrons. The van der Waals surface area contributed by atoms with E-state index in [1.54, 1.807) is 24.3 Å². The van der Waals surface area contributed by atoms with Gasteiger partial charge in [-0.15, -0.1) is 0 Å². The van der Waals surface area contributed by atoms with Crippen LogP contribution in [0.5, 0.6) is 0 Å². The van der Waals surface area contributed by atoms with E-state index in [9.17, 15) is 9.18 Å². The fourth-order valence-corrected chi connectivity index (χ4v) is 1.71. The van der Waals surface area contributed by atoms with Gasteiger partial charge in [-0.3, -0.25) is 4.79 Å². The summed E-state index contributed by atoms with van der Waals surface area (Å²) in [5.74, 6) is -0.473. The summed E-state index contributed by atoms with van der Waals surface area (Å²) in [4.78, 5) is 11.3. The van der Waals surface area contributed by atoms with Crippen molar-refractivity contribution in [3.63, 3.8) is 0 Å². The highest BCUT2D eigenvalue weighted by Gasteiger charge is 2.05. The van der Waals surface area contributed by atoms with Crippen molar-refractivity contribution in [3.05, 3.63) is 58.9 Å². The number of hydrogen-bond acceptors (Lipinski definition) is 1. The fourth-order valence-electron chi connectivity index (χ4n) is 1.59. The topological polar surface area (TPSA) is 17.1 Å². The molecule has 0 amide bonds. The molecule has 0 aliphatic rings. The Labute approximate surface area is 104 Å². The number of benzene rings is 2. The van der Waals surface area contributed by atoms with Crippen molar-refractivity contribution >= 4 is 17.4 Å². The zero-order valence-electron chi connectivity index (χ0n) is 9.21. The second-order valence-electron chi connectivity index (χ2n) is 3.77. The van der Waals surface area contributed by atoms with Crippen molar-refractivity contribution in [1.82, 2.24) is 0 Å². The number of Topliss-reactive ketones (excluding diaryl/α,β-unsaturated/α-hetero) is 1. The molecule has 0 N–H and O–H groups in total. The van der Waals surface area contributed by atoms with Crippen molar-refractivity contribution in [1.29, 1.82) is 0 Å². The Morgan fingerprint density at radius 2 is 1.82 bits per heavy atom. The van der Waals surface area contributed by atoms with Crippen LogP contribution in [0.25, 0.3) is 11.1 Å². The Hall–Kier alpha value is -1.67. The molecule has 2 rings (SSSR count). The van der Waals surface area contributed by atoms with Crippen LogP contribution < -0.4 is 0 Å². The van der Waals surface area contributed by atoms with Crippen LogP contribution in [0.15, 0.2) is 42.5 Å². The van der Waals surface area contributed by atoms with Crippen molar-refractivity contribution in [3.8, 4) is 11.1 Å². The quantitative estimate of drug-likeness (QED) is 0.722. The first kappa shape index (κ1) is 11.8. The van der Waals surface area contributed by atoms with Gasteiger partial charge in [-0.1, -0.05) is 35.9 Å². The zero-order valence-corrected chi connectivity index (χ0v) is 9.96. The van der Waals surface area contributed by atoms with Gasteiger partial charge in [-0.25, -0.2) is 4.39 Å². The van der Waals surface area contributed by atoms with Crippen molar-refractivity contribution < 1.29 is 9.18 Å². The second-order valence-corrected chi connectivity index (χ2v) is 4.17. The van der Waals surface area contributed by atoms with Gasteiger partial charge < -0.3 is 0 Å². The maximum atomic E-state index is 13.3. The number of carbonyl (C=O) groups is 1. The molecule has 0 saturated carbocycles. The van der Waals surface area contributed by atoms with E-state index in [0.29, 0.717) is 11.1 Å². The molecule has 0 aliphatic carbocycles.